The molecule has 11 heavy (non-hydrogen) atoms. The zero-order valence-corrected chi connectivity index (χ0v) is 7.22. The van der Waals surface area contributed by atoms with Crippen molar-refractivity contribution >= 4 is 0 Å². The van der Waals surface area contributed by atoms with Crippen LogP contribution in [0.25, 0.3) is 0 Å². The zero-order chi connectivity index (χ0) is 8.53. The molecule has 0 bridgehead atoms. The first-order valence-electron chi connectivity index (χ1n) is 3.81. The molecule has 0 rings (SSSR count). The molecule has 0 fully saturated rings. The van der Waals surface area contributed by atoms with Crippen molar-refractivity contribution in [2.75, 3.05) is 13.1 Å². The number of hydrogen-bond acceptors (Lipinski definition) is 1. The van der Waals surface area contributed by atoms with Gasteiger partial charge in [-0.1, -0.05) is 25.0 Å². The van der Waals surface area contributed by atoms with Crippen molar-refractivity contribution in [1.82, 2.24) is 5.32 Å². The van der Waals surface area contributed by atoms with Crippen LogP contribution >= 0.6 is 0 Å². The number of rotatable bonds is 4. The maximum atomic E-state index is 5.08. The highest BCUT2D eigenvalue weighted by Gasteiger charge is 1.77. The molecule has 1 heteroatoms. The Morgan fingerprint density at radius 1 is 1.64 bits per heavy atom. The van der Waals surface area contributed by atoms with Gasteiger partial charge < -0.3 is 5.32 Å². The normalized spacial score (nSPS) is 11.9. The summed E-state index contributed by atoms with van der Waals surface area (Å²) < 4.78 is 0. The highest BCUT2D eigenvalue weighted by Crippen LogP contribution is 1.91. The van der Waals surface area contributed by atoms with Crippen LogP contribution in [0.4, 0.5) is 0 Å². The lowest BCUT2D eigenvalue weighted by Crippen LogP contribution is -2.11. The Morgan fingerprint density at radius 3 is 2.91 bits per heavy atom. The van der Waals surface area contributed by atoms with E-state index in [1.165, 1.54) is 0 Å². The van der Waals surface area contributed by atoms with Gasteiger partial charge in [-0.05, 0) is 25.1 Å². The van der Waals surface area contributed by atoms with Gasteiger partial charge in [-0.15, -0.1) is 6.42 Å². The van der Waals surface area contributed by atoms with E-state index < -0.39 is 0 Å². The van der Waals surface area contributed by atoms with Crippen LogP contribution < -0.4 is 5.32 Å². The van der Waals surface area contributed by atoms with E-state index >= 15 is 0 Å². The quantitative estimate of drug-likeness (QED) is 0.364. The van der Waals surface area contributed by atoms with E-state index in [1.54, 1.807) is 6.08 Å². The summed E-state index contributed by atoms with van der Waals surface area (Å²) in [6, 6.07) is 0. The molecule has 0 aliphatic carbocycles. The second kappa shape index (κ2) is 7.11. The Hall–Kier alpha value is -1.00. The van der Waals surface area contributed by atoms with Crippen LogP contribution in [0.3, 0.4) is 0 Å². The first-order valence-corrected chi connectivity index (χ1v) is 3.81. The summed E-state index contributed by atoms with van der Waals surface area (Å²) in [6.07, 6.45) is 10.9. The van der Waals surface area contributed by atoms with Gasteiger partial charge >= 0.3 is 0 Å². The van der Waals surface area contributed by atoms with Gasteiger partial charge in [-0.2, -0.15) is 0 Å². The van der Waals surface area contributed by atoms with E-state index in [4.69, 9.17) is 6.42 Å². The molecular weight excluding hydrogens is 134 g/mol. The lowest BCUT2D eigenvalue weighted by Gasteiger charge is -1.92. The van der Waals surface area contributed by atoms with Crippen molar-refractivity contribution in [2.24, 2.45) is 0 Å². The van der Waals surface area contributed by atoms with E-state index in [-0.39, 0.29) is 0 Å². The molecule has 0 saturated heterocycles. The maximum Gasteiger partial charge on any atom is 0.0137 e. The molecule has 60 valence electrons. The number of terminal acetylenes is 1. The molecule has 0 spiro atoms. The first kappa shape index (κ1) is 10.0. The summed E-state index contributed by atoms with van der Waals surface area (Å²) in [6.45, 7) is 5.98. The van der Waals surface area contributed by atoms with Gasteiger partial charge in [-0.25, -0.2) is 0 Å². The van der Waals surface area contributed by atoms with Crippen molar-refractivity contribution < 1.29 is 0 Å². The molecule has 0 aromatic rings. The number of hydrogen-bond donors (Lipinski definition) is 1. The molecule has 0 aliphatic rings. The van der Waals surface area contributed by atoms with Crippen molar-refractivity contribution in [1.29, 1.82) is 0 Å². The Kier molecular flexibility index (Phi) is 6.46. The average molecular weight is 149 g/mol. The third-order valence-corrected chi connectivity index (χ3v) is 1.20. The minimum atomic E-state index is 0.909. The Balaban J connectivity index is 3.58. The molecule has 0 aromatic heterocycles. The predicted molar refractivity (Wildman–Crippen MR) is 50.3 cm³/mol. The second-order valence-electron chi connectivity index (χ2n) is 2.27. The van der Waals surface area contributed by atoms with Gasteiger partial charge in [0.25, 0.3) is 0 Å². The van der Waals surface area contributed by atoms with Crippen molar-refractivity contribution in [3.05, 3.63) is 23.8 Å². The van der Waals surface area contributed by atoms with Crippen LogP contribution in [0.5, 0.6) is 0 Å². The minimum absolute atomic E-state index is 0.909. The number of likely N-dealkylation sites (N-methyl/N-ethyl adjacent to an activating group) is 1. The highest BCUT2D eigenvalue weighted by molar-refractivity contribution is 5.24. The van der Waals surface area contributed by atoms with Crippen LogP contribution in [0.15, 0.2) is 23.8 Å². The summed E-state index contributed by atoms with van der Waals surface area (Å²) in [5.41, 5.74) is 1.12. The molecule has 0 atom stereocenters. The molecule has 0 amide bonds. The number of nitrogens with one attached hydrogen (secondary N) is 1. The van der Waals surface area contributed by atoms with E-state index in [1.807, 2.05) is 13.0 Å². The molecular formula is C10H15N. The van der Waals surface area contributed by atoms with Gasteiger partial charge in [0.2, 0.25) is 0 Å². The maximum absolute atomic E-state index is 5.08. The molecule has 1 nitrogen and oxygen atoms in total. The van der Waals surface area contributed by atoms with Crippen LogP contribution in [0.2, 0.25) is 0 Å². The fraction of sp³-hybridized carbons (Fsp3) is 0.400. The summed E-state index contributed by atoms with van der Waals surface area (Å²) in [5.74, 6) is 2.47. The SMILES string of the molecule is C#C/C=C(C)\C=C/CNCC. The molecule has 0 aromatic carbocycles. The topological polar surface area (TPSA) is 12.0 Å². The fourth-order valence-corrected chi connectivity index (χ4v) is 0.652. The first-order chi connectivity index (χ1) is 5.31. The second-order valence-corrected chi connectivity index (χ2v) is 2.27. The monoisotopic (exact) mass is 149 g/mol. The molecule has 0 unspecified atom stereocenters. The Morgan fingerprint density at radius 2 is 2.36 bits per heavy atom. The predicted octanol–water partition coefficient (Wildman–Crippen LogP) is 1.73. The third-order valence-electron chi connectivity index (χ3n) is 1.20. The summed E-state index contributed by atoms with van der Waals surface area (Å²) in [7, 11) is 0. The molecule has 0 aliphatic heterocycles. The van der Waals surface area contributed by atoms with E-state index in [0.29, 0.717) is 0 Å². The standard InChI is InChI=1S/C10H15N/c1-4-7-10(3)8-6-9-11-5-2/h1,6-8,11H,5,9H2,2-3H3/b8-6-,10-7-. The summed E-state index contributed by atoms with van der Waals surface area (Å²) in [5, 5.41) is 3.18. The lowest BCUT2D eigenvalue weighted by atomic mass is 10.2. The minimum Gasteiger partial charge on any atom is -0.314 e. The van der Waals surface area contributed by atoms with Crippen molar-refractivity contribution in [3.8, 4) is 12.3 Å². The smallest absolute Gasteiger partial charge is 0.0137 e. The third kappa shape index (κ3) is 6.89. The van der Waals surface area contributed by atoms with Gasteiger partial charge in [0.05, 0.1) is 0 Å². The fourth-order valence-electron chi connectivity index (χ4n) is 0.652. The van der Waals surface area contributed by atoms with Gasteiger partial charge in [0.15, 0.2) is 0 Å². The Bertz CT molecular complexity index is 182. The van der Waals surface area contributed by atoms with Crippen molar-refractivity contribution in [2.45, 2.75) is 13.8 Å². The van der Waals surface area contributed by atoms with Gasteiger partial charge in [0, 0.05) is 6.54 Å². The van der Waals surface area contributed by atoms with Crippen LogP contribution in [0, 0.1) is 12.3 Å². The van der Waals surface area contributed by atoms with E-state index in [9.17, 15) is 0 Å². The van der Waals surface area contributed by atoms with Crippen LogP contribution in [-0.4, -0.2) is 13.1 Å². The summed E-state index contributed by atoms with van der Waals surface area (Å²) in [4.78, 5) is 0. The van der Waals surface area contributed by atoms with Crippen molar-refractivity contribution in [3.63, 3.8) is 0 Å². The number of allylic oxidation sites excluding steroid dienone is 3. The zero-order valence-electron chi connectivity index (χ0n) is 7.22. The molecule has 0 heterocycles. The molecule has 0 saturated carbocycles. The van der Waals surface area contributed by atoms with E-state index in [2.05, 4.69) is 24.2 Å². The van der Waals surface area contributed by atoms with Crippen LogP contribution in [0.1, 0.15) is 13.8 Å². The van der Waals surface area contributed by atoms with Crippen LogP contribution in [-0.2, 0) is 0 Å². The average Bonchev–Trinajstić information content (AvgIpc) is 1.99. The molecule has 1 N–H and O–H groups in total. The van der Waals surface area contributed by atoms with E-state index in [0.717, 1.165) is 18.7 Å². The molecule has 0 radical (unpaired) electrons. The van der Waals surface area contributed by atoms with Gasteiger partial charge in [-0.3, -0.25) is 0 Å². The van der Waals surface area contributed by atoms with Gasteiger partial charge in [0.1, 0.15) is 0 Å². The Labute approximate surface area is 69.2 Å². The summed E-state index contributed by atoms with van der Waals surface area (Å²) >= 11 is 0. The lowest BCUT2D eigenvalue weighted by molar-refractivity contribution is 0.799. The largest absolute Gasteiger partial charge is 0.314 e. The highest BCUT2D eigenvalue weighted by atomic mass is 14.8.